The van der Waals surface area contributed by atoms with Gasteiger partial charge < -0.3 is 19.3 Å². The van der Waals surface area contributed by atoms with E-state index >= 15 is 0 Å². The van der Waals surface area contributed by atoms with Crippen molar-refractivity contribution in [3.05, 3.63) is 52.6 Å². The standard InChI is InChI=1S/C21H21BrFN3O4/c1-3-29-17-12-13(11-16(22)20(17)28-2)21-25-19(30-26-21)6-4-5-18(27)24-15-9-7-14(23)8-10-15/h7-12H,3-6H2,1-2H3,(H,24,27). The fourth-order valence-electron chi connectivity index (χ4n) is 2.79. The Labute approximate surface area is 181 Å². The summed E-state index contributed by atoms with van der Waals surface area (Å²) in [4.78, 5) is 16.4. The predicted molar refractivity (Wildman–Crippen MR) is 113 cm³/mol. The molecule has 9 heteroatoms. The average Bonchev–Trinajstić information content (AvgIpc) is 3.19. The quantitative estimate of drug-likeness (QED) is 0.466. The van der Waals surface area contributed by atoms with Crippen molar-refractivity contribution in [2.24, 2.45) is 0 Å². The molecule has 1 aromatic heterocycles. The van der Waals surface area contributed by atoms with E-state index in [2.05, 4.69) is 31.4 Å². The van der Waals surface area contributed by atoms with Gasteiger partial charge in [-0.05, 0) is 65.7 Å². The van der Waals surface area contributed by atoms with Crippen LogP contribution >= 0.6 is 15.9 Å². The largest absolute Gasteiger partial charge is 0.492 e. The highest BCUT2D eigenvalue weighted by Crippen LogP contribution is 2.39. The van der Waals surface area contributed by atoms with E-state index in [1.807, 2.05) is 13.0 Å². The van der Waals surface area contributed by atoms with E-state index in [0.717, 1.165) is 10.0 Å². The number of hydrogen-bond acceptors (Lipinski definition) is 6. The summed E-state index contributed by atoms with van der Waals surface area (Å²) in [5.41, 5.74) is 1.27. The summed E-state index contributed by atoms with van der Waals surface area (Å²) in [5.74, 6) is 1.51. The molecule has 0 aliphatic heterocycles. The summed E-state index contributed by atoms with van der Waals surface area (Å²) < 4.78 is 29.9. The van der Waals surface area contributed by atoms with E-state index in [4.69, 9.17) is 14.0 Å². The summed E-state index contributed by atoms with van der Waals surface area (Å²) in [5, 5.41) is 6.74. The Morgan fingerprint density at radius 1 is 1.27 bits per heavy atom. The van der Waals surface area contributed by atoms with Crippen LogP contribution in [0.15, 0.2) is 45.4 Å². The smallest absolute Gasteiger partial charge is 0.226 e. The van der Waals surface area contributed by atoms with E-state index in [1.54, 1.807) is 13.2 Å². The third kappa shape index (κ3) is 5.56. The molecule has 1 heterocycles. The van der Waals surface area contributed by atoms with Crippen LogP contribution in [-0.2, 0) is 11.2 Å². The van der Waals surface area contributed by atoms with Crippen LogP contribution in [-0.4, -0.2) is 29.8 Å². The average molecular weight is 478 g/mol. The number of aromatic nitrogens is 2. The first-order valence-electron chi connectivity index (χ1n) is 9.39. The number of hydrogen-bond donors (Lipinski definition) is 1. The Kier molecular flexibility index (Phi) is 7.40. The molecule has 0 unspecified atom stereocenters. The first-order chi connectivity index (χ1) is 14.5. The maximum atomic E-state index is 12.9. The minimum absolute atomic E-state index is 0.165. The van der Waals surface area contributed by atoms with Crippen LogP contribution in [0.25, 0.3) is 11.4 Å². The molecule has 0 saturated heterocycles. The zero-order chi connectivity index (χ0) is 21.5. The van der Waals surface area contributed by atoms with Crippen LogP contribution in [0.5, 0.6) is 11.5 Å². The summed E-state index contributed by atoms with van der Waals surface area (Å²) in [7, 11) is 1.57. The first-order valence-corrected chi connectivity index (χ1v) is 10.2. The number of rotatable bonds is 9. The molecule has 0 atom stereocenters. The molecule has 0 bridgehead atoms. The minimum Gasteiger partial charge on any atom is -0.492 e. The van der Waals surface area contributed by atoms with Gasteiger partial charge in [-0.2, -0.15) is 4.98 Å². The van der Waals surface area contributed by atoms with Crippen LogP contribution in [0, 0.1) is 5.82 Å². The number of carbonyl (C=O) groups excluding carboxylic acids is 1. The topological polar surface area (TPSA) is 86.5 Å². The second kappa shape index (κ2) is 10.2. The molecule has 0 aliphatic rings. The number of nitrogens with zero attached hydrogens (tertiary/aromatic N) is 2. The molecule has 0 fully saturated rings. The molecule has 0 saturated carbocycles. The maximum absolute atomic E-state index is 12.9. The molecule has 30 heavy (non-hydrogen) atoms. The number of methoxy groups -OCH3 is 1. The molecule has 0 radical (unpaired) electrons. The van der Waals surface area contributed by atoms with Gasteiger partial charge in [0.25, 0.3) is 0 Å². The van der Waals surface area contributed by atoms with E-state index in [9.17, 15) is 9.18 Å². The Morgan fingerprint density at radius 3 is 2.73 bits per heavy atom. The second-order valence-electron chi connectivity index (χ2n) is 6.34. The Bertz CT molecular complexity index is 1010. The molecule has 2 aromatic carbocycles. The highest BCUT2D eigenvalue weighted by atomic mass is 79.9. The van der Waals surface area contributed by atoms with E-state index in [0.29, 0.717) is 48.4 Å². The molecule has 0 aliphatic carbocycles. The SMILES string of the molecule is CCOc1cc(-c2noc(CCCC(=O)Nc3ccc(F)cc3)n2)cc(Br)c1OC. The fraction of sp³-hybridized carbons (Fsp3) is 0.286. The summed E-state index contributed by atoms with van der Waals surface area (Å²) in [6.45, 7) is 2.38. The van der Waals surface area contributed by atoms with Crippen molar-refractivity contribution >= 4 is 27.5 Å². The first kappa shape index (κ1) is 21.8. The van der Waals surface area contributed by atoms with E-state index < -0.39 is 0 Å². The van der Waals surface area contributed by atoms with Crippen molar-refractivity contribution in [1.82, 2.24) is 10.1 Å². The monoisotopic (exact) mass is 477 g/mol. The summed E-state index contributed by atoms with van der Waals surface area (Å²) >= 11 is 3.46. The zero-order valence-corrected chi connectivity index (χ0v) is 18.2. The molecule has 158 valence electrons. The number of benzene rings is 2. The highest BCUT2D eigenvalue weighted by Gasteiger charge is 2.16. The fourth-order valence-corrected chi connectivity index (χ4v) is 3.39. The molecule has 3 aromatic rings. The van der Waals surface area contributed by atoms with Gasteiger partial charge in [0.15, 0.2) is 11.5 Å². The Morgan fingerprint density at radius 2 is 2.03 bits per heavy atom. The number of aryl methyl sites for hydroxylation is 1. The Balaban J connectivity index is 1.58. The van der Waals surface area contributed by atoms with Crippen LogP contribution in [0.1, 0.15) is 25.7 Å². The lowest BCUT2D eigenvalue weighted by Gasteiger charge is -2.12. The third-order valence-electron chi connectivity index (χ3n) is 4.16. The van der Waals surface area contributed by atoms with Crippen molar-refractivity contribution in [3.8, 4) is 22.9 Å². The van der Waals surface area contributed by atoms with Gasteiger partial charge in [-0.3, -0.25) is 4.79 Å². The molecule has 0 spiro atoms. The van der Waals surface area contributed by atoms with Crippen LogP contribution in [0.3, 0.4) is 0 Å². The summed E-state index contributed by atoms with van der Waals surface area (Å²) in [6, 6.07) is 9.24. The normalized spacial score (nSPS) is 10.7. The minimum atomic E-state index is -0.350. The van der Waals surface area contributed by atoms with Gasteiger partial charge in [-0.1, -0.05) is 5.16 Å². The van der Waals surface area contributed by atoms with Gasteiger partial charge in [0.1, 0.15) is 5.82 Å². The number of carbonyl (C=O) groups is 1. The molecular weight excluding hydrogens is 457 g/mol. The highest BCUT2D eigenvalue weighted by molar-refractivity contribution is 9.10. The van der Waals surface area contributed by atoms with Crippen molar-refractivity contribution < 1.29 is 23.2 Å². The number of amides is 1. The predicted octanol–water partition coefficient (Wildman–Crippen LogP) is 5.01. The lowest BCUT2D eigenvalue weighted by Crippen LogP contribution is -2.11. The van der Waals surface area contributed by atoms with E-state index in [1.165, 1.54) is 24.3 Å². The van der Waals surface area contributed by atoms with Crippen LogP contribution in [0.4, 0.5) is 10.1 Å². The second-order valence-corrected chi connectivity index (χ2v) is 7.20. The number of halogens is 2. The number of anilines is 1. The lowest BCUT2D eigenvalue weighted by atomic mass is 10.2. The van der Waals surface area contributed by atoms with Gasteiger partial charge in [0.05, 0.1) is 18.2 Å². The third-order valence-corrected chi connectivity index (χ3v) is 4.75. The van der Waals surface area contributed by atoms with Gasteiger partial charge in [-0.25, -0.2) is 4.39 Å². The van der Waals surface area contributed by atoms with E-state index in [-0.39, 0.29) is 18.1 Å². The maximum Gasteiger partial charge on any atom is 0.226 e. The zero-order valence-electron chi connectivity index (χ0n) is 16.6. The van der Waals surface area contributed by atoms with Gasteiger partial charge >= 0.3 is 0 Å². The van der Waals surface area contributed by atoms with Crippen LogP contribution in [0.2, 0.25) is 0 Å². The Hall–Kier alpha value is -2.94. The van der Waals surface area contributed by atoms with Gasteiger partial charge in [0, 0.05) is 24.1 Å². The molecular formula is C21H21BrFN3O4. The number of ether oxygens (including phenoxy) is 2. The molecule has 1 N–H and O–H groups in total. The van der Waals surface area contributed by atoms with Crippen molar-refractivity contribution in [2.45, 2.75) is 26.2 Å². The van der Waals surface area contributed by atoms with Gasteiger partial charge in [0.2, 0.25) is 17.6 Å². The van der Waals surface area contributed by atoms with Crippen LogP contribution < -0.4 is 14.8 Å². The molecule has 3 rings (SSSR count). The number of nitrogens with one attached hydrogen (secondary N) is 1. The molecule has 7 nitrogen and oxygen atoms in total. The van der Waals surface area contributed by atoms with Gasteiger partial charge in [-0.15, -0.1) is 0 Å². The summed E-state index contributed by atoms with van der Waals surface area (Å²) in [6.07, 6.45) is 1.27. The van der Waals surface area contributed by atoms with Crippen molar-refractivity contribution in [1.29, 1.82) is 0 Å². The van der Waals surface area contributed by atoms with Crippen molar-refractivity contribution in [3.63, 3.8) is 0 Å². The lowest BCUT2D eigenvalue weighted by molar-refractivity contribution is -0.116. The molecule has 1 amide bonds. The van der Waals surface area contributed by atoms with Crippen molar-refractivity contribution in [2.75, 3.05) is 19.0 Å².